The fourth-order valence-electron chi connectivity index (χ4n) is 9.13. The number of furan rings is 1. The lowest BCUT2D eigenvalue weighted by atomic mass is 9.59. The molecule has 0 amide bonds. The fourth-order valence-corrected chi connectivity index (χ4v) is 9.13. The summed E-state index contributed by atoms with van der Waals surface area (Å²) in [7, 11) is 54.7. The van der Waals surface area contributed by atoms with Gasteiger partial charge in [-0.05, 0) is 101 Å². The van der Waals surface area contributed by atoms with Gasteiger partial charge in [0.25, 0.3) is 0 Å². The van der Waals surface area contributed by atoms with E-state index in [0.29, 0.717) is 32.7 Å². The quantitative estimate of drug-likeness (QED) is 0.204. The maximum absolute atomic E-state index is 7.03. The van der Waals surface area contributed by atoms with Gasteiger partial charge >= 0.3 is 0 Å². The Labute approximate surface area is 336 Å². The second kappa shape index (κ2) is 12.3. The third-order valence-electron chi connectivity index (χ3n) is 12.1. The van der Waals surface area contributed by atoms with E-state index in [-0.39, 0.29) is 49.1 Å². The molecule has 1 heterocycles. The molecule has 1 nitrogen and oxygen atoms in total. The molecule has 0 atom stereocenters. The van der Waals surface area contributed by atoms with Crippen molar-refractivity contribution >= 4 is 150 Å². The molecule has 0 saturated heterocycles. The zero-order chi connectivity index (χ0) is 38.9. The Morgan fingerprint density at radius 3 is 1.46 bits per heavy atom. The molecule has 242 valence electrons. The standard InChI is InChI=1S/C47H24B8O/c1-47(2)29-9-5-3-7-25(29)27-20-24(15-17-30(27)47)34-37-35(39(48)43(52)45(54)41(37)50)33(36-38(34)42(51)46(55)44(53)40(36)49)22-13-11-21(12-14-22)23-16-18-32-28(19-23)26-8-4-6-10-31(26)56-32/h3-20H,1-2H3. The van der Waals surface area contributed by atoms with Crippen LogP contribution >= 0.6 is 0 Å². The average molecular weight is 691 g/mol. The first-order chi connectivity index (χ1) is 26.9. The van der Waals surface area contributed by atoms with E-state index < -0.39 is 0 Å². The van der Waals surface area contributed by atoms with Crippen molar-refractivity contribution in [2.45, 2.75) is 19.3 Å². The monoisotopic (exact) mass is 692 g/mol. The largest absolute Gasteiger partial charge is 0.456 e. The van der Waals surface area contributed by atoms with Crippen LogP contribution in [0.3, 0.4) is 0 Å². The number of hydrogen-bond acceptors (Lipinski definition) is 1. The molecule has 0 saturated carbocycles. The van der Waals surface area contributed by atoms with Crippen molar-refractivity contribution < 1.29 is 4.42 Å². The van der Waals surface area contributed by atoms with Crippen molar-refractivity contribution in [1.82, 2.24) is 0 Å². The summed E-state index contributed by atoms with van der Waals surface area (Å²) in [5.74, 6) is 0. The third-order valence-corrected chi connectivity index (χ3v) is 12.1. The molecular formula is C47H24B8O. The molecule has 10 rings (SSSR count). The fraction of sp³-hybridized carbons (Fsp3) is 0.0638. The van der Waals surface area contributed by atoms with E-state index >= 15 is 0 Å². The van der Waals surface area contributed by atoms with E-state index in [1.54, 1.807) is 0 Å². The predicted molar refractivity (Wildman–Crippen MR) is 246 cm³/mol. The first-order valence-corrected chi connectivity index (χ1v) is 18.4. The highest BCUT2D eigenvalue weighted by Crippen LogP contribution is 2.50. The highest BCUT2D eigenvalue weighted by molar-refractivity contribution is 6.71. The van der Waals surface area contributed by atoms with E-state index in [0.717, 1.165) is 55.3 Å². The summed E-state index contributed by atoms with van der Waals surface area (Å²) in [6.07, 6.45) is 0. The highest BCUT2D eigenvalue weighted by Gasteiger charge is 2.35. The lowest BCUT2D eigenvalue weighted by Gasteiger charge is -2.29. The van der Waals surface area contributed by atoms with Gasteiger partial charge in [-0.15, -0.1) is 21.9 Å². The molecule has 56 heavy (non-hydrogen) atoms. The topological polar surface area (TPSA) is 13.1 Å². The summed E-state index contributed by atoms with van der Waals surface area (Å²) >= 11 is 0. The molecule has 0 spiro atoms. The highest BCUT2D eigenvalue weighted by atomic mass is 16.3. The number of benzene rings is 8. The number of rotatable bonds is 3. The van der Waals surface area contributed by atoms with E-state index in [4.69, 9.17) is 67.2 Å². The molecule has 1 aliphatic rings. The Hall–Kier alpha value is -5.40. The smallest absolute Gasteiger partial charge is 0.135 e. The van der Waals surface area contributed by atoms with Crippen LogP contribution in [-0.4, -0.2) is 62.8 Å². The van der Waals surface area contributed by atoms with Crippen LogP contribution in [0.4, 0.5) is 0 Å². The molecule has 0 fully saturated rings. The second-order valence-corrected chi connectivity index (χ2v) is 15.4. The molecule has 0 aliphatic heterocycles. The molecule has 9 aromatic rings. The molecule has 1 aromatic heterocycles. The zero-order valence-electron chi connectivity index (χ0n) is 30.9. The summed E-state index contributed by atoms with van der Waals surface area (Å²) in [5, 5.41) is 4.48. The minimum atomic E-state index is -0.201. The number of para-hydroxylation sites is 1. The zero-order valence-corrected chi connectivity index (χ0v) is 30.9. The summed E-state index contributed by atoms with van der Waals surface area (Å²) in [6.45, 7) is 4.48. The first-order valence-electron chi connectivity index (χ1n) is 18.4. The van der Waals surface area contributed by atoms with Crippen LogP contribution in [0.25, 0.3) is 88.0 Å². The van der Waals surface area contributed by atoms with Gasteiger partial charge in [-0.1, -0.05) is 121 Å². The molecule has 0 N–H and O–H groups in total. The van der Waals surface area contributed by atoms with Gasteiger partial charge in [0.15, 0.2) is 0 Å². The molecule has 1 aliphatic carbocycles. The van der Waals surface area contributed by atoms with Crippen molar-refractivity contribution in [3.8, 4) is 44.5 Å². The molecule has 8 aromatic carbocycles. The molecule has 0 unspecified atom stereocenters. The van der Waals surface area contributed by atoms with Crippen molar-refractivity contribution in [2.24, 2.45) is 0 Å². The average Bonchev–Trinajstić information content (AvgIpc) is 3.70. The van der Waals surface area contributed by atoms with Gasteiger partial charge in [-0.3, -0.25) is 0 Å². The normalized spacial score (nSPS) is 13.2. The number of fused-ring (bicyclic) bond motifs is 8. The van der Waals surface area contributed by atoms with Crippen molar-refractivity contribution in [3.05, 3.63) is 120 Å². The minimum absolute atomic E-state index is 0.179. The second-order valence-electron chi connectivity index (χ2n) is 15.4. The summed E-state index contributed by atoms with van der Waals surface area (Å²) < 4.78 is 6.09. The SMILES string of the molecule is [B]c1c([B])c([B])c2c(-c3ccc4c(c3)-c3ccccc3C4(C)C)c3c([B])c([B])c([B])c([B])c3c(-c3ccc(-c4ccc5oc6ccccc6c5c4)cc3)c2c1[B]. The Morgan fingerprint density at radius 2 is 0.839 bits per heavy atom. The molecular weight excluding hydrogens is 667 g/mol. The van der Waals surface area contributed by atoms with E-state index in [1.165, 1.54) is 11.1 Å². The van der Waals surface area contributed by atoms with Crippen molar-refractivity contribution in [1.29, 1.82) is 0 Å². The van der Waals surface area contributed by atoms with Gasteiger partial charge in [-0.25, -0.2) is 0 Å². The minimum Gasteiger partial charge on any atom is -0.456 e. The lowest BCUT2D eigenvalue weighted by Crippen LogP contribution is -2.50. The van der Waals surface area contributed by atoms with Gasteiger partial charge in [-0.2, -0.15) is 0 Å². The van der Waals surface area contributed by atoms with Crippen LogP contribution in [-0.2, 0) is 5.41 Å². The van der Waals surface area contributed by atoms with E-state index in [2.05, 4.69) is 86.6 Å². The number of hydrogen-bond donors (Lipinski definition) is 0. The van der Waals surface area contributed by atoms with E-state index in [1.807, 2.05) is 36.4 Å². The third kappa shape index (κ3) is 4.73. The van der Waals surface area contributed by atoms with Crippen LogP contribution in [0.5, 0.6) is 0 Å². The van der Waals surface area contributed by atoms with Crippen LogP contribution < -0.4 is 43.7 Å². The van der Waals surface area contributed by atoms with Gasteiger partial charge < -0.3 is 4.42 Å². The molecule has 0 bridgehead atoms. The van der Waals surface area contributed by atoms with E-state index in [9.17, 15) is 0 Å². The maximum Gasteiger partial charge on any atom is 0.135 e. The van der Waals surface area contributed by atoms with Crippen LogP contribution in [0.1, 0.15) is 25.0 Å². The molecule has 9 heteroatoms. The lowest BCUT2D eigenvalue weighted by molar-refractivity contribution is 0.660. The van der Waals surface area contributed by atoms with Gasteiger partial charge in [0.1, 0.15) is 73.9 Å². The Morgan fingerprint density at radius 1 is 0.375 bits per heavy atom. The molecule has 16 radical (unpaired) electrons. The summed E-state index contributed by atoms with van der Waals surface area (Å²) in [5.41, 5.74) is 13.0. The van der Waals surface area contributed by atoms with Gasteiger partial charge in [0.05, 0.1) is 0 Å². The maximum atomic E-state index is 7.03. The summed E-state index contributed by atoms with van der Waals surface area (Å²) in [6, 6.07) is 37.3. The van der Waals surface area contributed by atoms with Crippen molar-refractivity contribution in [2.75, 3.05) is 0 Å². The van der Waals surface area contributed by atoms with Crippen LogP contribution in [0.15, 0.2) is 114 Å². The van der Waals surface area contributed by atoms with Gasteiger partial charge in [0.2, 0.25) is 0 Å². The van der Waals surface area contributed by atoms with Crippen molar-refractivity contribution in [3.63, 3.8) is 0 Å². The Bertz CT molecular complexity index is 3110. The van der Waals surface area contributed by atoms with Gasteiger partial charge in [0, 0.05) is 16.2 Å². The first kappa shape index (κ1) is 35.0. The summed E-state index contributed by atoms with van der Waals surface area (Å²) in [4.78, 5) is 0. The van der Waals surface area contributed by atoms with Crippen LogP contribution in [0.2, 0.25) is 0 Å². The Balaban J connectivity index is 1.28. The van der Waals surface area contributed by atoms with Crippen LogP contribution in [0, 0.1) is 0 Å². The Kier molecular flexibility index (Phi) is 7.70. The predicted octanol–water partition coefficient (Wildman–Crippen LogP) is 3.55.